The zero-order chi connectivity index (χ0) is 12.8. The topological polar surface area (TPSA) is 50.2 Å². The molecule has 100 valence electrons. The summed E-state index contributed by atoms with van der Waals surface area (Å²) >= 11 is 0. The molecule has 0 unspecified atom stereocenters. The summed E-state index contributed by atoms with van der Waals surface area (Å²) in [5.74, 6) is 0.319. The van der Waals surface area contributed by atoms with Crippen LogP contribution in [0.5, 0.6) is 0 Å². The zero-order valence-electron chi connectivity index (χ0n) is 11.0. The highest BCUT2D eigenvalue weighted by Gasteiger charge is 2.18. The van der Waals surface area contributed by atoms with Crippen molar-refractivity contribution in [2.24, 2.45) is 0 Å². The SMILES string of the molecule is C[C@@H](Cn1cccn1)NCCCN1CCCC1=O. The van der Waals surface area contributed by atoms with Crippen molar-refractivity contribution in [3.63, 3.8) is 0 Å². The van der Waals surface area contributed by atoms with Crippen LogP contribution in [0.15, 0.2) is 18.5 Å². The van der Waals surface area contributed by atoms with E-state index in [0.29, 0.717) is 11.9 Å². The van der Waals surface area contributed by atoms with Crippen LogP contribution in [0, 0.1) is 0 Å². The molecule has 18 heavy (non-hydrogen) atoms. The van der Waals surface area contributed by atoms with Gasteiger partial charge in [-0.25, -0.2) is 0 Å². The van der Waals surface area contributed by atoms with E-state index in [2.05, 4.69) is 17.3 Å². The molecule has 1 amide bonds. The van der Waals surface area contributed by atoms with Gasteiger partial charge in [0.05, 0.1) is 6.54 Å². The molecule has 0 saturated carbocycles. The second-order valence-electron chi connectivity index (χ2n) is 4.92. The predicted molar refractivity (Wildman–Crippen MR) is 70.1 cm³/mol. The van der Waals surface area contributed by atoms with E-state index in [1.54, 1.807) is 6.20 Å². The minimum absolute atomic E-state index is 0.319. The number of hydrogen-bond donors (Lipinski definition) is 1. The van der Waals surface area contributed by atoms with Crippen LogP contribution in [0.1, 0.15) is 26.2 Å². The predicted octanol–water partition coefficient (Wildman–Crippen LogP) is 0.874. The number of nitrogens with zero attached hydrogens (tertiary/aromatic N) is 3. The maximum atomic E-state index is 11.4. The third-order valence-corrected chi connectivity index (χ3v) is 3.29. The van der Waals surface area contributed by atoms with E-state index in [-0.39, 0.29) is 0 Å². The van der Waals surface area contributed by atoms with Crippen LogP contribution >= 0.6 is 0 Å². The average Bonchev–Trinajstić information content (AvgIpc) is 2.97. The maximum Gasteiger partial charge on any atom is 0.222 e. The molecule has 5 heteroatoms. The Bertz CT molecular complexity index is 363. The van der Waals surface area contributed by atoms with Gasteiger partial charge in [-0.3, -0.25) is 9.48 Å². The standard InChI is InChI=1S/C13H22N4O/c1-12(11-17-10-4-7-15-17)14-6-3-9-16-8-2-5-13(16)18/h4,7,10,12,14H,2-3,5-6,8-9,11H2,1H3/t12-/m0/s1. The first kappa shape index (κ1) is 13.1. The van der Waals surface area contributed by atoms with Gasteiger partial charge in [-0.15, -0.1) is 0 Å². The Morgan fingerprint density at radius 3 is 3.11 bits per heavy atom. The summed E-state index contributed by atoms with van der Waals surface area (Å²) in [6, 6.07) is 2.34. The second kappa shape index (κ2) is 6.54. The summed E-state index contributed by atoms with van der Waals surface area (Å²) in [4.78, 5) is 13.4. The normalized spacial score (nSPS) is 17.4. The first-order valence-corrected chi connectivity index (χ1v) is 6.74. The Labute approximate surface area is 108 Å². The Kier molecular flexibility index (Phi) is 4.75. The fourth-order valence-electron chi connectivity index (χ4n) is 2.31. The van der Waals surface area contributed by atoms with Crippen LogP contribution in [0.3, 0.4) is 0 Å². The smallest absolute Gasteiger partial charge is 0.222 e. The molecule has 1 fully saturated rings. The van der Waals surface area contributed by atoms with Crippen molar-refractivity contribution < 1.29 is 4.79 Å². The van der Waals surface area contributed by atoms with E-state index < -0.39 is 0 Å². The molecule has 1 atom stereocenters. The van der Waals surface area contributed by atoms with Gasteiger partial charge in [0, 0.05) is 37.9 Å². The lowest BCUT2D eigenvalue weighted by Crippen LogP contribution is -2.34. The van der Waals surface area contributed by atoms with E-state index in [1.807, 2.05) is 21.8 Å². The van der Waals surface area contributed by atoms with Gasteiger partial charge < -0.3 is 10.2 Å². The van der Waals surface area contributed by atoms with Gasteiger partial charge in [0.2, 0.25) is 5.91 Å². The summed E-state index contributed by atoms with van der Waals surface area (Å²) in [7, 11) is 0. The fraction of sp³-hybridized carbons (Fsp3) is 0.692. The van der Waals surface area contributed by atoms with Crippen LogP contribution < -0.4 is 5.32 Å². The van der Waals surface area contributed by atoms with Crippen LogP contribution in [0.4, 0.5) is 0 Å². The molecule has 1 saturated heterocycles. The largest absolute Gasteiger partial charge is 0.343 e. The maximum absolute atomic E-state index is 11.4. The highest BCUT2D eigenvalue weighted by atomic mass is 16.2. The molecule has 1 N–H and O–H groups in total. The minimum Gasteiger partial charge on any atom is -0.343 e. The molecule has 2 rings (SSSR count). The van der Waals surface area contributed by atoms with Crippen LogP contribution in [-0.4, -0.2) is 46.3 Å². The lowest BCUT2D eigenvalue weighted by molar-refractivity contribution is -0.127. The van der Waals surface area contributed by atoms with Crippen molar-refractivity contribution in [1.82, 2.24) is 20.0 Å². The van der Waals surface area contributed by atoms with Gasteiger partial charge >= 0.3 is 0 Å². The van der Waals surface area contributed by atoms with Gasteiger partial charge in [0.1, 0.15) is 0 Å². The Morgan fingerprint density at radius 1 is 1.56 bits per heavy atom. The highest BCUT2D eigenvalue weighted by Crippen LogP contribution is 2.09. The van der Waals surface area contributed by atoms with Gasteiger partial charge in [-0.1, -0.05) is 0 Å². The third-order valence-electron chi connectivity index (χ3n) is 3.29. The van der Waals surface area contributed by atoms with Gasteiger partial charge in [0.15, 0.2) is 0 Å². The molecule has 2 heterocycles. The molecular weight excluding hydrogens is 228 g/mol. The van der Waals surface area contributed by atoms with E-state index >= 15 is 0 Å². The molecule has 0 aliphatic carbocycles. The van der Waals surface area contributed by atoms with Crippen molar-refractivity contribution in [3.8, 4) is 0 Å². The summed E-state index contributed by atoms with van der Waals surface area (Å²) in [5.41, 5.74) is 0. The van der Waals surface area contributed by atoms with E-state index in [9.17, 15) is 4.79 Å². The Hall–Kier alpha value is -1.36. The van der Waals surface area contributed by atoms with Gasteiger partial charge in [-0.2, -0.15) is 5.10 Å². The fourth-order valence-corrected chi connectivity index (χ4v) is 2.31. The lowest BCUT2D eigenvalue weighted by atomic mass is 10.3. The highest BCUT2D eigenvalue weighted by molar-refractivity contribution is 5.77. The van der Waals surface area contributed by atoms with Crippen molar-refractivity contribution in [2.45, 2.75) is 38.8 Å². The molecule has 0 radical (unpaired) electrons. The molecular formula is C13H22N4O. The van der Waals surface area contributed by atoms with Gasteiger partial charge in [-0.05, 0) is 32.4 Å². The van der Waals surface area contributed by atoms with Crippen LogP contribution in [0.25, 0.3) is 0 Å². The lowest BCUT2D eigenvalue weighted by Gasteiger charge is -2.17. The summed E-state index contributed by atoms with van der Waals surface area (Å²) < 4.78 is 1.93. The quantitative estimate of drug-likeness (QED) is 0.731. The molecule has 0 spiro atoms. The summed E-state index contributed by atoms with van der Waals surface area (Å²) in [6.45, 7) is 5.83. The van der Waals surface area contributed by atoms with E-state index in [4.69, 9.17) is 0 Å². The molecule has 1 aliphatic rings. The number of aromatic nitrogens is 2. The monoisotopic (exact) mass is 250 g/mol. The third kappa shape index (κ3) is 3.84. The molecule has 1 aromatic heterocycles. The number of carbonyl (C=O) groups excluding carboxylic acids is 1. The van der Waals surface area contributed by atoms with Crippen LogP contribution in [-0.2, 0) is 11.3 Å². The van der Waals surface area contributed by atoms with Crippen molar-refractivity contribution in [2.75, 3.05) is 19.6 Å². The Balaban J connectivity index is 1.56. The zero-order valence-corrected chi connectivity index (χ0v) is 11.0. The van der Waals surface area contributed by atoms with E-state index in [0.717, 1.165) is 45.4 Å². The Morgan fingerprint density at radius 2 is 2.44 bits per heavy atom. The molecule has 5 nitrogen and oxygen atoms in total. The number of rotatable bonds is 7. The number of carbonyl (C=O) groups is 1. The number of nitrogens with one attached hydrogen (secondary N) is 1. The average molecular weight is 250 g/mol. The first-order valence-electron chi connectivity index (χ1n) is 6.74. The second-order valence-corrected chi connectivity index (χ2v) is 4.92. The summed E-state index contributed by atoms with van der Waals surface area (Å²) in [5, 5.41) is 7.64. The molecule has 1 aliphatic heterocycles. The van der Waals surface area contributed by atoms with Gasteiger partial charge in [0.25, 0.3) is 0 Å². The number of hydrogen-bond acceptors (Lipinski definition) is 3. The summed E-state index contributed by atoms with van der Waals surface area (Å²) in [6.07, 6.45) is 6.56. The van der Waals surface area contributed by atoms with Crippen LogP contribution in [0.2, 0.25) is 0 Å². The van der Waals surface area contributed by atoms with Crippen molar-refractivity contribution in [1.29, 1.82) is 0 Å². The van der Waals surface area contributed by atoms with E-state index in [1.165, 1.54) is 0 Å². The van der Waals surface area contributed by atoms with Crippen molar-refractivity contribution >= 4 is 5.91 Å². The van der Waals surface area contributed by atoms with Crippen molar-refractivity contribution in [3.05, 3.63) is 18.5 Å². The molecule has 0 aromatic carbocycles. The molecule has 1 aromatic rings. The number of likely N-dealkylation sites (tertiary alicyclic amines) is 1. The minimum atomic E-state index is 0.319. The first-order chi connectivity index (χ1) is 8.75. The molecule has 0 bridgehead atoms. The number of amides is 1.